The van der Waals surface area contributed by atoms with Gasteiger partial charge in [-0.15, -0.1) is 0 Å². The van der Waals surface area contributed by atoms with Gasteiger partial charge in [-0.2, -0.15) is 0 Å². The third-order valence-corrected chi connectivity index (χ3v) is 4.86. The summed E-state index contributed by atoms with van der Waals surface area (Å²) in [5.41, 5.74) is 0. The van der Waals surface area contributed by atoms with Crippen LogP contribution in [0.2, 0.25) is 0 Å². The van der Waals surface area contributed by atoms with Crippen LogP contribution >= 0.6 is 0 Å². The Balaban J connectivity index is 2.17. The topological polar surface area (TPSA) is 6.48 Å². The Morgan fingerprint density at radius 2 is 1.53 bits per heavy atom. The molecule has 88 valence electrons. The Morgan fingerprint density at radius 3 is 2.27 bits per heavy atom. The molecule has 0 radical (unpaired) electrons. The van der Waals surface area contributed by atoms with Gasteiger partial charge in [-0.05, 0) is 31.6 Å². The highest BCUT2D eigenvalue weighted by Crippen LogP contribution is 2.38. The Hall–Kier alpha value is -0.0800. The van der Waals surface area contributed by atoms with Gasteiger partial charge in [0.2, 0.25) is 0 Å². The lowest BCUT2D eigenvalue weighted by molar-refractivity contribution is 0.0129. The highest BCUT2D eigenvalue weighted by molar-refractivity contribution is 4.93. The minimum Gasteiger partial charge on any atom is -0.242 e. The van der Waals surface area contributed by atoms with Gasteiger partial charge in [0.25, 0.3) is 0 Å². The Labute approximate surface area is 94.6 Å². The summed E-state index contributed by atoms with van der Waals surface area (Å²) < 4.78 is 0. The van der Waals surface area contributed by atoms with Crippen LogP contribution in [0.15, 0.2) is 0 Å². The second-order valence-electron chi connectivity index (χ2n) is 5.66. The van der Waals surface area contributed by atoms with Crippen LogP contribution in [0.5, 0.6) is 0 Å². The molecule has 0 amide bonds. The second-order valence-corrected chi connectivity index (χ2v) is 5.66. The van der Waals surface area contributed by atoms with Crippen LogP contribution in [0.3, 0.4) is 0 Å². The summed E-state index contributed by atoms with van der Waals surface area (Å²) in [5.74, 6) is 1.77. The van der Waals surface area contributed by atoms with Gasteiger partial charge in [-0.25, -0.2) is 10.0 Å². The average molecular weight is 210 g/mol. The van der Waals surface area contributed by atoms with Gasteiger partial charge >= 0.3 is 0 Å². The van der Waals surface area contributed by atoms with Gasteiger partial charge in [0, 0.05) is 26.2 Å². The monoisotopic (exact) mass is 210 g/mol. The van der Waals surface area contributed by atoms with Gasteiger partial charge in [-0.3, -0.25) is 0 Å². The molecule has 4 unspecified atom stereocenters. The maximum atomic E-state index is 2.51. The zero-order valence-corrected chi connectivity index (χ0v) is 10.7. The smallest absolute Gasteiger partial charge is 0.0311 e. The molecule has 2 fully saturated rings. The molecule has 0 aromatic carbocycles. The molecule has 0 bridgehead atoms. The van der Waals surface area contributed by atoms with Crippen LogP contribution in [0.1, 0.15) is 46.0 Å². The minimum atomic E-state index is 0.737. The van der Waals surface area contributed by atoms with Crippen molar-refractivity contribution in [1.29, 1.82) is 0 Å². The molecule has 1 aliphatic carbocycles. The van der Waals surface area contributed by atoms with Gasteiger partial charge in [-0.1, -0.05) is 26.2 Å². The van der Waals surface area contributed by atoms with Crippen LogP contribution in [0.25, 0.3) is 0 Å². The molecule has 0 aromatic heterocycles. The van der Waals surface area contributed by atoms with Crippen molar-refractivity contribution in [1.82, 2.24) is 10.0 Å². The van der Waals surface area contributed by atoms with E-state index in [9.17, 15) is 0 Å². The van der Waals surface area contributed by atoms with E-state index in [1.165, 1.54) is 32.1 Å². The van der Waals surface area contributed by atoms with Crippen LogP contribution in [0.4, 0.5) is 0 Å². The van der Waals surface area contributed by atoms with E-state index < -0.39 is 0 Å². The van der Waals surface area contributed by atoms with E-state index in [1.54, 1.807) is 0 Å². The van der Waals surface area contributed by atoms with E-state index in [1.807, 2.05) is 0 Å². The molecular weight excluding hydrogens is 184 g/mol. The molecule has 0 aromatic rings. The minimum absolute atomic E-state index is 0.737. The van der Waals surface area contributed by atoms with Crippen molar-refractivity contribution < 1.29 is 0 Å². The highest BCUT2D eigenvalue weighted by atomic mass is 15.7. The lowest BCUT2D eigenvalue weighted by Crippen LogP contribution is -2.40. The fraction of sp³-hybridized carbons (Fsp3) is 1.00. The first-order chi connectivity index (χ1) is 7.13. The van der Waals surface area contributed by atoms with E-state index in [0.717, 1.165) is 23.9 Å². The fourth-order valence-corrected chi connectivity index (χ4v) is 3.73. The van der Waals surface area contributed by atoms with Gasteiger partial charge in [0.15, 0.2) is 0 Å². The van der Waals surface area contributed by atoms with Crippen molar-refractivity contribution in [3.8, 4) is 0 Å². The number of hydrogen-bond acceptors (Lipinski definition) is 2. The molecule has 0 N–H and O–H groups in total. The van der Waals surface area contributed by atoms with Crippen molar-refractivity contribution in [3.05, 3.63) is 0 Å². The molecule has 1 heterocycles. The molecule has 4 atom stereocenters. The highest BCUT2D eigenvalue weighted by Gasteiger charge is 2.43. The Kier molecular flexibility index (Phi) is 3.36. The standard InChI is InChI=1S/C13H26N2/c1-10-8-6-5-7-9-12-11(2)14(3)15(4)13(10)12/h10-13H,5-9H2,1-4H3. The lowest BCUT2D eigenvalue weighted by atomic mass is 9.79. The average Bonchev–Trinajstić information content (AvgIpc) is 2.39. The van der Waals surface area contributed by atoms with Crippen LogP contribution in [0, 0.1) is 11.8 Å². The summed E-state index contributed by atoms with van der Waals surface area (Å²) in [6.45, 7) is 4.85. The third-order valence-electron chi connectivity index (χ3n) is 4.86. The largest absolute Gasteiger partial charge is 0.242 e. The number of fused-ring (bicyclic) bond motifs is 1. The van der Waals surface area contributed by atoms with E-state index in [4.69, 9.17) is 0 Å². The molecule has 2 aliphatic rings. The molecule has 2 rings (SSSR count). The van der Waals surface area contributed by atoms with E-state index in [2.05, 4.69) is 38.0 Å². The number of hydrogen-bond donors (Lipinski definition) is 0. The Morgan fingerprint density at radius 1 is 0.867 bits per heavy atom. The van der Waals surface area contributed by atoms with Crippen molar-refractivity contribution in [2.45, 2.75) is 58.0 Å². The van der Waals surface area contributed by atoms with E-state index in [-0.39, 0.29) is 0 Å². The lowest BCUT2D eigenvalue weighted by Gasteiger charge is -2.33. The number of rotatable bonds is 0. The van der Waals surface area contributed by atoms with E-state index >= 15 is 0 Å². The summed E-state index contributed by atoms with van der Waals surface area (Å²) in [6, 6.07) is 1.53. The quantitative estimate of drug-likeness (QED) is 0.606. The molecule has 2 heteroatoms. The Bertz CT molecular complexity index is 217. The van der Waals surface area contributed by atoms with Crippen molar-refractivity contribution in [2.75, 3.05) is 14.1 Å². The molecule has 15 heavy (non-hydrogen) atoms. The number of hydrazine groups is 1. The van der Waals surface area contributed by atoms with Crippen LogP contribution in [-0.2, 0) is 0 Å². The van der Waals surface area contributed by atoms with Gasteiger partial charge in [0.05, 0.1) is 0 Å². The first-order valence-electron chi connectivity index (χ1n) is 6.58. The van der Waals surface area contributed by atoms with E-state index in [0.29, 0.717) is 0 Å². The zero-order valence-electron chi connectivity index (χ0n) is 10.7. The predicted octanol–water partition coefficient (Wildman–Crippen LogP) is 2.75. The summed E-state index contributed by atoms with van der Waals surface area (Å²) >= 11 is 0. The third kappa shape index (κ3) is 1.94. The molecule has 1 aliphatic heterocycles. The summed E-state index contributed by atoms with van der Waals surface area (Å²) in [6.07, 6.45) is 7.20. The summed E-state index contributed by atoms with van der Waals surface area (Å²) in [7, 11) is 4.53. The molecular formula is C13H26N2. The van der Waals surface area contributed by atoms with Gasteiger partial charge < -0.3 is 0 Å². The van der Waals surface area contributed by atoms with Crippen molar-refractivity contribution >= 4 is 0 Å². The molecule has 0 spiro atoms. The van der Waals surface area contributed by atoms with Gasteiger partial charge in [0.1, 0.15) is 0 Å². The number of nitrogens with zero attached hydrogens (tertiary/aromatic N) is 2. The maximum absolute atomic E-state index is 2.51. The maximum Gasteiger partial charge on any atom is 0.0311 e. The van der Waals surface area contributed by atoms with Crippen LogP contribution < -0.4 is 0 Å². The SMILES string of the molecule is CC1CCCCCC2C(C)N(C)N(C)C12. The summed E-state index contributed by atoms with van der Waals surface area (Å²) in [4.78, 5) is 0. The molecule has 1 saturated carbocycles. The fourth-order valence-electron chi connectivity index (χ4n) is 3.73. The van der Waals surface area contributed by atoms with Crippen molar-refractivity contribution in [3.63, 3.8) is 0 Å². The first kappa shape index (κ1) is 11.4. The summed E-state index contributed by atoms with van der Waals surface area (Å²) in [5, 5.41) is 4.96. The predicted molar refractivity (Wildman–Crippen MR) is 64.5 cm³/mol. The van der Waals surface area contributed by atoms with Crippen molar-refractivity contribution in [2.24, 2.45) is 11.8 Å². The first-order valence-corrected chi connectivity index (χ1v) is 6.58. The molecule has 2 nitrogen and oxygen atoms in total. The zero-order chi connectivity index (χ0) is 11.0. The second kappa shape index (κ2) is 4.42. The molecule has 1 saturated heterocycles. The normalized spacial score (nSPS) is 44.8. The van der Waals surface area contributed by atoms with Crippen LogP contribution in [-0.4, -0.2) is 36.2 Å².